The van der Waals surface area contributed by atoms with E-state index in [0.717, 1.165) is 11.3 Å². The summed E-state index contributed by atoms with van der Waals surface area (Å²) in [7, 11) is 1.62. The SMILES string of the molecule is COc1ccc(C(N)C(N)=O)cc1C(C)(C)C. The number of carbonyl (C=O) groups excluding carboxylic acids is 1. The summed E-state index contributed by atoms with van der Waals surface area (Å²) in [4.78, 5) is 11.1. The molecule has 1 atom stereocenters. The molecule has 0 bridgehead atoms. The molecule has 94 valence electrons. The van der Waals surface area contributed by atoms with Crippen LogP contribution in [0, 0.1) is 0 Å². The van der Waals surface area contributed by atoms with E-state index in [4.69, 9.17) is 16.2 Å². The number of ether oxygens (including phenoxy) is 1. The molecule has 1 aromatic carbocycles. The van der Waals surface area contributed by atoms with Gasteiger partial charge in [-0.2, -0.15) is 0 Å². The Morgan fingerprint density at radius 2 is 1.94 bits per heavy atom. The Balaban J connectivity index is 3.27. The molecule has 1 aromatic rings. The molecule has 1 unspecified atom stereocenters. The number of hydrogen-bond donors (Lipinski definition) is 2. The Morgan fingerprint density at radius 1 is 1.35 bits per heavy atom. The van der Waals surface area contributed by atoms with Gasteiger partial charge in [0.05, 0.1) is 7.11 Å². The van der Waals surface area contributed by atoms with Crippen molar-refractivity contribution in [2.24, 2.45) is 11.5 Å². The quantitative estimate of drug-likeness (QED) is 0.834. The largest absolute Gasteiger partial charge is 0.496 e. The van der Waals surface area contributed by atoms with Crippen LogP contribution in [0.4, 0.5) is 0 Å². The van der Waals surface area contributed by atoms with E-state index in [-0.39, 0.29) is 5.41 Å². The number of nitrogens with two attached hydrogens (primary N) is 2. The molecule has 0 aliphatic rings. The molecule has 4 N–H and O–H groups in total. The van der Waals surface area contributed by atoms with Crippen LogP contribution in [0.25, 0.3) is 0 Å². The van der Waals surface area contributed by atoms with Gasteiger partial charge in [-0.3, -0.25) is 4.79 Å². The van der Waals surface area contributed by atoms with E-state index in [2.05, 4.69) is 20.8 Å². The standard InChI is InChI=1S/C13H20N2O2/c1-13(2,3)9-7-8(11(14)12(15)16)5-6-10(9)17-4/h5-7,11H,14H2,1-4H3,(H2,15,16). The molecule has 0 saturated carbocycles. The molecule has 0 spiro atoms. The summed E-state index contributed by atoms with van der Waals surface area (Å²) in [6.07, 6.45) is 0. The van der Waals surface area contributed by atoms with Gasteiger partial charge in [0.2, 0.25) is 5.91 Å². The van der Waals surface area contributed by atoms with Crippen LogP contribution in [-0.2, 0) is 10.2 Å². The van der Waals surface area contributed by atoms with Gasteiger partial charge in [0.1, 0.15) is 11.8 Å². The third kappa shape index (κ3) is 2.97. The van der Waals surface area contributed by atoms with Crippen LogP contribution < -0.4 is 16.2 Å². The maximum absolute atomic E-state index is 11.1. The first kappa shape index (κ1) is 13.5. The molecule has 0 aromatic heterocycles. The van der Waals surface area contributed by atoms with Crippen molar-refractivity contribution in [3.8, 4) is 5.75 Å². The average Bonchev–Trinajstić information content (AvgIpc) is 2.25. The molecule has 1 rings (SSSR count). The molecule has 0 fully saturated rings. The lowest BCUT2D eigenvalue weighted by Crippen LogP contribution is -2.28. The predicted molar refractivity (Wildman–Crippen MR) is 67.8 cm³/mol. The highest BCUT2D eigenvalue weighted by molar-refractivity contribution is 5.81. The molecule has 0 saturated heterocycles. The van der Waals surface area contributed by atoms with Crippen LogP contribution in [0.5, 0.6) is 5.75 Å². The highest BCUT2D eigenvalue weighted by Crippen LogP contribution is 2.33. The van der Waals surface area contributed by atoms with Gasteiger partial charge in [-0.15, -0.1) is 0 Å². The predicted octanol–water partition coefficient (Wildman–Crippen LogP) is 1.48. The summed E-state index contributed by atoms with van der Waals surface area (Å²) < 4.78 is 5.31. The third-order valence-corrected chi connectivity index (χ3v) is 2.70. The van der Waals surface area contributed by atoms with Crippen molar-refractivity contribution in [3.05, 3.63) is 29.3 Å². The van der Waals surface area contributed by atoms with Crippen LogP contribution in [0.1, 0.15) is 37.9 Å². The maximum atomic E-state index is 11.1. The van der Waals surface area contributed by atoms with Crippen LogP contribution in [0.15, 0.2) is 18.2 Å². The van der Waals surface area contributed by atoms with Crippen LogP contribution in [-0.4, -0.2) is 13.0 Å². The fourth-order valence-corrected chi connectivity index (χ4v) is 1.67. The molecule has 17 heavy (non-hydrogen) atoms. The van der Waals surface area contributed by atoms with Gasteiger partial charge in [0, 0.05) is 0 Å². The van der Waals surface area contributed by atoms with E-state index >= 15 is 0 Å². The Kier molecular flexibility index (Phi) is 3.78. The lowest BCUT2D eigenvalue weighted by molar-refractivity contribution is -0.119. The first-order valence-electron chi connectivity index (χ1n) is 5.50. The van der Waals surface area contributed by atoms with Crippen molar-refractivity contribution >= 4 is 5.91 Å². The second-order valence-electron chi connectivity index (χ2n) is 5.09. The van der Waals surface area contributed by atoms with Gasteiger partial charge < -0.3 is 16.2 Å². The van der Waals surface area contributed by atoms with E-state index < -0.39 is 11.9 Å². The zero-order valence-corrected chi connectivity index (χ0v) is 10.8. The summed E-state index contributed by atoms with van der Waals surface area (Å²) in [5.41, 5.74) is 12.6. The zero-order valence-electron chi connectivity index (χ0n) is 10.8. The fraction of sp³-hybridized carbons (Fsp3) is 0.462. The molecule has 4 heteroatoms. The number of rotatable bonds is 3. The summed E-state index contributed by atoms with van der Waals surface area (Å²) in [5, 5.41) is 0. The topological polar surface area (TPSA) is 78.3 Å². The van der Waals surface area contributed by atoms with Crippen LogP contribution >= 0.6 is 0 Å². The number of carbonyl (C=O) groups is 1. The van der Waals surface area contributed by atoms with Gasteiger partial charge in [-0.05, 0) is 28.7 Å². The third-order valence-electron chi connectivity index (χ3n) is 2.70. The summed E-state index contributed by atoms with van der Waals surface area (Å²) in [6, 6.07) is 4.69. The zero-order chi connectivity index (χ0) is 13.2. The molecule has 0 aliphatic carbocycles. The fourth-order valence-electron chi connectivity index (χ4n) is 1.67. The molecule has 4 nitrogen and oxygen atoms in total. The maximum Gasteiger partial charge on any atom is 0.238 e. The van der Waals surface area contributed by atoms with Crippen molar-refractivity contribution in [1.82, 2.24) is 0 Å². The Hall–Kier alpha value is -1.55. The van der Waals surface area contributed by atoms with Crippen molar-refractivity contribution in [2.75, 3.05) is 7.11 Å². The van der Waals surface area contributed by atoms with Gasteiger partial charge >= 0.3 is 0 Å². The monoisotopic (exact) mass is 236 g/mol. The molecular weight excluding hydrogens is 216 g/mol. The number of methoxy groups -OCH3 is 1. The number of amides is 1. The second-order valence-corrected chi connectivity index (χ2v) is 5.09. The highest BCUT2D eigenvalue weighted by atomic mass is 16.5. The lowest BCUT2D eigenvalue weighted by atomic mass is 9.84. The Morgan fingerprint density at radius 3 is 2.35 bits per heavy atom. The first-order valence-corrected chi connectivity index (χ1v) is 5.50. The second kappa shape index (κ2) is 4.75. The van der Waals surface area contributed by atoms with E-state index in [1.807, 2.05) is 12.1 Å². The molecule has 1 amide bonds. The number of hydrogen-bond acceptors (Lipinski definition) is 3. The number of benzene rings is 1. The normalized spacial score (nSPS) is 13.2. The van der Waals surface area contributed by atoms with Crippen LogP contribution in [0.3, 0.4) is 0 Å². The molecule has 0 heterocycles. The smallest absolute Gasteiger partial charge is 0.238 e. The van der Waals surface area contributed by atoms with Gasteiger partial charge in [-0.25, -0.2) is 0 Å². The minimum absolute atomic E-state index is 0.0846. The van der Waals surface area contributed by atoms with Gasteiger partial charge in [0.15, 0.2) is 0 Å². The molecular formula is C13H20N2O2. The number of primary amides is 1. The Labute approximate surface area is 102 Å². The molecule has 0 radical (unpaired) electrons. The van der Waals surface area contributed by atoms with Crippen molar-refractivity contribution < 1.29 is 9.53 Å². The van der Waals surface area contributed by atoms with Gasteiger partial charge in [0.25, 0.3) is 0 Å². The van der Waals surface area contributed by atoms with E-state index in [9.17, 15) is 4.79 Å². The molecule has 0 aliphatic heterocycles. The lowest BCUT2D eigenvalue weighted by Gasteiger charge is -2.23. The Bertz CT molecular complexity index is 422. The first-order chi connectivity index (χ1) is 7.77. The highest BCUT2D eigenvalue weighted by Gasteiger charge is 2.21. The average molecular weight is 236 g/mol. The summed E-state index contributed by atoms with van der Waals surface area (Å²) >= 11 is 0. The van der Waals surface area contributed by atoms with E-state index in [1.54, 1.807) is 13.2 Å². The van der Waals surface area contributed by atoms with E-state index in [1.165, 1.54) is 0 Å². The van der Waals surface area contributed by atoms with E-state index in [0.29, 0.717) is 5.56 Å². The van der Waals surface area contributed by atoms with Crippen molar-refractivity contribution in [2.45, 2.75) is 32.2 Å². The van der Waals surface area contributed by atoms with Gasteiger partial charge in [-0.1, -0.05) is 26.8 Å². The minimum atomic E-state index is -0.776. The van der Waals surface area contributed by atoms with Crippen LogP contribution in [0.2, 0.25) is 0 Å². The minimum Gasteiger partial charge on any atom is -0.496 e. The summed E-state index contributed by atoms with van der Waals surface area (Å²) in [5.74, 6) is 0.257. The van der Waals surface area contributed by atoms with Crippen molar-refractivity contribution in [1.29, 1.82) is 0 Å². The van der Waals surface area contributed by atoms with Crippen molar-refractivity contribution in [3.63, 3.8) is 0 Å². The summed E-state index contributed by atoms with van der Waals surface area (Å²) in [6.45, 7) is 6.22.